The molecule has 2 amide bonds. The summed E-state index contributed by atoms with van der Waals surface area (Å²) >= 11 is 13.3. The molecule has 0 aliphatic carbocycles. The molecule has 5 N–H and O–H groups in total. The van der Waals surface area contributed by atoms with Crippen LogP contribution < -0.4 is 16.4 Å². The van der Waals surface area contributed by atoms with E-state index in [1.807, 2.05) is 0 Å². The number of amides is 2. The van der Waals surface area contributed by atoms with Gasteiger partial charge < -0.3 is 16.0 Å². The number of benzene rings is 1. The van der Waals surface area contributed by atoms with Gasteiger partial charge >= 0.3 is 0 Å². The number of halogens is 2. The van der Waals surface area contributed by atoms with E-state index in [4.69, 9.17) is 28.9 Å². The second kappa shape index (κ2) is 7.63. The lowest BCUT2D eigenvalue weighted by Crippen LogP contribution is -2.15. The number of aryl methyl sites for hydroxylation is 1. The first-order chi connectivity index (χ1) is 12.4. The van der Waals surface area contributed by atoms with Gasteiger partial charge in [-0.15, -0.1) is 0 Å². The van der Waals surface area contributed by atoms with Crippen molar-refractivity contribution in [3.63, 3.8) is 0 Å². The van der Waals surface area contributed by atoms with Crippen LogP contribution in [-0.4, -0.2) is 28.3 Å². The van der Waals surface area contributed by atoms with Gasteiger partial charge in [-0.05, 0) is 25.1 Å². The highest BCUT2D eigenvalue weighted by Gasteiger charge is 2.19. The van der Waals surface area contributed by atoms with Gasteiger partial charge in [0.15, 0.2) is 5.13 Å². The summed E-state index contributed by atoms with van der Waals surface area (Å²) < 4.78 is 0.817. The maximum absolute atomic E-state index is 12.4. The van der Waals surface area contributed by atoms with E-state index >= 15 is 0 Å². The van der Waals surface area contributed by atoms with Crippen LogP contribution in [0.4, 0.5) is 10.8 Å². The smallest absolute Gasteiger partial charge is 0.275 e. The molecule has 0 unspecified atom stereocenters. The van der Waals surface area contributed by atoms with E-state index in [9.17, 15) is 9.59 Å². The molecule has 0 aliphatic rings. The van der Waals surface area contributed by atoms with Crippen molar-refractivity contribution in [3.8, 4) is 0 Å². The van der Waals surface area contributed by atoms with Crippen molar-refractivity contribution >= 4 is 67.4 Å². The third kappa shape index (κ3) is 3.83. The van der Waals surface area contributed by atoms with Gasteiger partial charge in [0.2, 0.25) is 5.91 Å². The average Bonchev–Trinajstić information content (AvgIpc) is 3.10. The number of thiazole rings is 1. The molecular formula is C16H15Cl2N5O2S. The molecular weight excluding hydrogens is 397 g/mol. The van der Waals surface area contributed by atoms with E-state index in [0.717, 1.165) is 4.70 Å². The molecule has 26 heavy (non-hydrogen) atoms. The second-order valence-electron chi connectivity index (χ2n) is 5.50. The molecule has 3 rings (SSSR count). The van der Waals surface area contributed by atoms with Crippen LogP contribution in [0.25, 0.3) is 10.2 Å². The van der Waals surface area contributed by atoms with E-state index < -0.39 is 5.91 Å². The van der Waals surface area contributed by atoms with Crippen LogP contribution in [0.5, 0.6) is 0 Å². The number of hydrogen-bond acceptors (Lipinski definition) is 5. The summed E-state index contributed by atoms with van der Waals surface area (Å²) in [6.45, 7) is 2.01. The molecule has 3 aromatic rings. The molecule has 2 heterocycles. The molecule has 7 nitrogen and oxygen atoms in total. The molecule has 0 saturated heterocycles. The maximum atomic E-state index is 12.4. The number of fused-ring (bicyclic) bond motifs is 1. The molecule has 0 spiro atoms. The lowest BCUT2D eigenvalue weighted by atomic mass is 10.3. The quantitative estimate of drug-likeness (QED) is 0.511. The zero-order chi connectivity index (χ0) is 18.8. The molecule has 2 aromatic heterocycles. The van der Waals surface area contributed by atoms with Crippen LogP contribution in [-0.2, 0) is 4.79 Å². The van der Waals surface area contributed by atoms with Gasteiger partial charge in [0.05, 0.1) is 20.3 Å². The van der Waals surface area contributed by atoms with Crippen LogP contribution >= 0.6 is 34.5 Å². The monoisotopic (exact) mass is 411 g/mol. The minimum absolute atomic E-state index is 0.154. The predicted molar refractivity (Wildman–Crippen MR) is 105 cm³/mol. The first-order valence-electron chi connectivity index (χ1n) is 7.64. The van der Waals surface area contributed by atoms with Crippen LogP contribution in [0.2, 0.25) is 10.0 Å². The first kappa shape index (κ1) is 18.7. The molecule has 0 fully saturated rings. The third-order valence-corrected chi connectivity index (χ3v) is 5.43. The minimum Gasteiger partial charge on any atom is -0.352 e. The van der Waals surface area contributed by atoms with E-state index in [1.54, 1.807) is 25.1 Å². The molecule has 0 radical (unpaired) electrons. The lowest BCUT2D eigenvalue weighted by molar-refractivity contribution is -0.116. The molecule has 0 aliphatic heterocycles. The summed E-state index contributed by atoms with van der Waals surface area (Å²) in [6, 6.07) is 5.30. The number of carbonyl (C=O) groups excluding carboxylic acids is 2. The number of carbonyl (C=O) groups is 2. The summed E-state index contributed by atoms with van der Waals surface area (Å²) in [7, 11) is 0. The number of H-pyrrole nitrogens is 1. The summed E-state index contributed by atoms with van der Waals surface area (Å²) in [5, 5.41) is 6.37. The van der Waals surface area contributed by atoms with Gasteiger partial charge in [0.1, 0.15) is 5.69 Å². The number of nitrogens with one attached hydrogen (secondary N) is 3. The summed E-state index contributed by atoms with van der Waals surface area (Å²) in [5.41, 5.74) is 7.51. The van der Waals surface area contributed by atoms with Gasteiger partial charge in [0, 0.05) is 24.3 Å². The molecule has 0 bridgehead atoms. The topological polar surface area (TPSA) is 113 Å². The van der Waals surface area contributed by atoms with E-state index in [-0.39, 0.29) is 29.6 Å². The van der Waals surface area contributed by atoms with Gasteiger partial charge in [-0.3, -0.25) is 14.9 Å². The molecule has 1 aromatic carbocycles. The summed E-state index contributed by atoms with van der Waals surface area (Å²) in [5.74, 6) is -0.584. The highest BCUT2D eigenvalue weighted by molar-refractivity contribution is 7.22. The predicted octanol–water partition coefficient (Wildman–Crippen LogP) is 3.78. The zero-order valence-electron chi connectivity index (χ0n) is 13.7. The largest absolute Gasteiger partial charge is 0.352 e. The van der Waals surface area contributed by atoms with Gasteiger partial charge in [-0.1, -0.05) is 34.5 Å². The fourth-order valence-corrected chi connectivity index (χ4v) is 3.61. The van der Waals surface area contributed by atoms with Crippen molar-refractivity contribution in [2.24, 2.45) is 5.73 Å². The van der Waals surface area contributed by atoms with Crippen molar-refractivity contribution in [2.75, 3.05) is 17.2 Å². The van der Waals surface area contributed by atoms with Crippen molar-refractivity contribution in [1.29, 1.82) is 0 Å². The fraction of sp³-hybridized carbons (Fsp3) is 0.188. The highest BCUT2D eigenvalue weighted by Crippen LogP contribution is 2.31. The Hall–Kier alpha value is -2.13. The van der Waals surface area contributed by atoms with E-state index in [2.05, 4.69) is 20.6 Å². The number of nitrogens with two attached hydrogens (primary N) is 1. The van der Waals surface area contributed by atoms with Crippen LogP contribution in [0.3, 0.4) is 0 Å². The fourth-order valence-electron chi connectivity index (χ4n) is 2.30. The van der Waals surface area contributed by atoms with E-state index in [1.165, 1.54) is 11.3 Å². The Morgan fingerprint density at radius 1 is 1.27 bits per heavy atom. The Morgan fingerprint density at radius 3 is 2.69 bits per heavy atom. The van der Waals surface area contributed by atoms with Crippen molar-refractivity contribution in [1.82, 2.24) is 9.97 Å². The summed E-state index contributed by atoms with van der Waals surface area (Å²) in [4.78, 5) is 31.2. The molecule has 136 valence electrons. The molecule has 10 heteroatoms. The van der Waals surface area contributed by atoms with E-state index in [0.29, 0.717) is 27.1 Å². The summed E-state index contributed by atoms with van der Waals surface area (Å²) in [6.07, 6.45) is 0.251. The SMILES string of the molecule is Cc1[nH]c(C(=O)Nc2nc3ccc(NC(=O)CCN)cc3s2)c(Cl)c1Cl. The standard InChI is InChI=1S/C16H15Cl2N5O2S/c1-7-12(17)13(18)14(20-7)15(25)23-16-22-9-3-2-8(6-10(9)26-16)21-11(24)4-5-19/h2-3,6,20H,4-5,19H2,1H3,(H,21,24)(H,22,23,25). The normalized spacial score (nSPS) is 10.9. The number of anilines is 2. The Balaban J connectivity index is 1.79. The lowest BCUT2D eigenvalue weighted by Gasteiger charge is -2.03. The Bertz CT molecular complexity index is 998. The van der Waals surface area contributed by atoms with Gasteiger partial charge in [0.25, 0.3) is 5.91 Å². The Morgan fingerprint density at radius 2 is 2.04 bits per heavy atom. The van der Waals surface area contributed by atoms with Crippen LogP contribution in [0, 0.1) is 6.92 Å². The van der Waals surface area contributed by atoms with Crippen LogP contribution in [0.15, 0.2) is 18.2 Å². The molecule has 0 saturated carbocycles. The number of aromatic nitrogens is 2. The third-order valence-electron chi connectivity index (χ3n) is 3.55. The second-order valence-corrected chi connectivity index (χ2v) is 7.28. The number of rotatable bonds is 5. The average molecular weight is 412 g/mol. The Labute approximate surface area is 162 Å². The number of aromatic amines is 1. The number of hydrogen-bond donors (Lipinski definition) is 4. The van der Waals surface area contributed by atoms with Crippen molar-refractivity contribution < 1.29 is 9.59 Å². The maximum Gasteiger partial charge on any atom is 0.275 e. The number of nitrogens with zero attached hydrogens (tertiary/aromatic N) is 1. The van der Waals surface area contributed by atoms with Gasteiger partial charge in [-0.2, -0.15) is 0 Å². The van der Waals surface area contributed by atoms with Crippen molar-refractivity contribution in [2.45, 2.75) is 13.3 Å². The van der Waals surface area contributed by atoms with Crippen LogP contribution in [0.1, 0.15) is 22.6 Å². The minimum atomic E-state index is -0.430. The van der Waals surface area contributed by atoms with Gasteiger partial charge in [-0.25, -0.2) is 4.98 Å². The molecule has 0 atom stereocenters. The highest BCUT2D eigenvalue weighted by atomic mass is 35.5. The first-order valence-corrected chi connectivity index (χ1v) is 9.21. The zero-order valence-corrected chi connectivity index (χ0v) is 16.0. The van der Waals surface area contributed by atoms with Crippen molar-refractivity contribution in [3.05, 3.63) is 39.6 Å². The Kier molecular flexibility index (Phi) is 5.47.